The van der Waals surface area contributed by atoms with Crippen LogP contribution in [0.1, 0.15) is 23.7 Å². The maximum Gasteiger partial charge on any atom is 0.251 e. The summed E-state index contributed by atoms with van der Waals surface area (Å²) in [5.74, 6) is 1.51. The van der Waals surface area contributed by atoms with Gasteiger partial charge in [0.1, 0.15) is 5.82 Å². The Kier molecular flexibility index (Phi) is 7.42. The van der Waals surface area contributed by atoms with Crippen molar-refractivity contribution in [3.8, 4) is 0 Å². The molecule has 0 aliphatic rings. The minimum atomic E-state index is -0.223. The van der Waals surface area contributed by atoms with Gasteiger partial charge in [-0.3, -0.25) is 4.79 Å². The molecule has 1 N–H and O–H groups in total. The number of nitrogens with zero attached hydrogens (tertiary/aromatic N) is 1. The van der Waals surface area contributed by atoms with Crippen molar-refractivity contribution in [3.63, 3.8) is 0 Å². The van der Waals surface area contributed by atoms with E-state index in [4.69, 9.17) is 0 Å². The smallest absolute Gasteiger partial charge is 0.251 e. The summed E-state index contributed by atoms with van der Waals surface area (Å²) in [4.78, 5) is 17.3. The molecule has 0 aliphatic heterocycles. The molecule has 0 radical (unpaired) electrons. The number of thioether (sulfide) groups is 2. The van der Waals surface area contributed by atoms with Gasteiger partial charge in [0.25, 0.3) is 5.91 Å². The van der Waals surface area contributed by atoms with Gasteiger partial charge in [-0.15, -0.1) is 23.5 Å². The molecule has 122 valence electrons. The number of nitrogens with one attached hydrogen (secondary N) is 1. The van der Waals surface area contributed by atoms with Crippen molar-refractivity contribution >= 4 is 29.4 Å². The average Bonchev–Trinajstić information content (AvgIpc) is 2.56. The van der Waals surface area contributed by atoms with Gasteiger partial charge in [-0.1, -0.05) is 6.92 Å². The van der Waals surface area contributed by atoms with E-state index in [9.17, 15) is 9.18 Å². The minimum absolute atomic E-state index is 0.0721. The first kappa shape index (κ1) is 17.8. The molecular formula is C17H19FN2OS2. The van der Waals surface area contributed by atoms with Crippen LogP contribution in [-0.4, -0.2) is 28.9 Å². The third-order valence-corrected chi connectivity index (χ3v) is 4.88. The molecular weight excluding hydrogens is 331 g/mol. The average molecular weight is 350 g/mol. The fourth-order valence-electron chi connectivity index (χ4n) is 1.87. The van der Waals surface area contributed by atoms with Gasteiger partial charge in [-0.2, -0.15) is 0 Å². The predicted octanol–water partition coefficient (Wildman–Crippen LogP) is 4.24. The highest BCUT2D eigenvalue weighted by Crippen LogP contribution is 2.18. The lowest BCUT2D eigenvalue weighted by Gasteiger charge is -2.06. The van der Waals surface area contributed by atoms with Gasteiger partial charge in [0.15, 0.2) is 0 Å². The Balaban J connectivity index is 1.70. The normalized spacial score (nSPS) is 10.5. The molecule has 0 saturated carbocycles. The summed E-state index contributed by atoms with van der Waals surface area (Å²) < 4.78 is 12.8. The molecule has 2 rings (SSSR count). The fraction of sp³-hybridized carbons (Fsp3) is 0.294. The molecule has 1 aromatic carbocycles. The van der Waals surface area contributed by atoms with Crippen LogP contribution in [0.25, 0.3) is 0 Å². The first-order valence-corrected chi connectivity index (χ1v) is 9.41. The maximum atomic E-state index is 12.8. The second-order valence-electron chi connectivity index (χ2n) is 4.73. The van der Waals surface area contributed by atoms with E-state index in [1.54, 1.807) is 47.9 Å². The Bertz CT molecular complexity index is 635. The summed E-state index contributed by atoms with van der Waals surface area (Å²) in [6.07, 6.45) is 2.52. The van der Waals surface area contributed by atoms with Crippen molar-refractivity contribution in [2.24, 2.45) is 0 Å². The lowest BCUT2D eigenvalue weighted by atomic mass is 10.2. The number of hydrogen-bond donors (Lipinski definition) is 1. The molecule has 2 aromatic rings. The molecule has 1 heterocycles. The summed E-state index contributed by atoms with van der Waals surface area (Å²) in [7, 11) is 0. The van der Waals surface area contributed by atoms with Gasteiger partial charge in [-0.25, -0.2) is 9.37 Å². The van der Waals surface area contributed by atoms with Crippen LogP contribution in [0, 0.1) is 5.82 Å². The van der Waals surface area contributed by atoms with E-state index in [1.807, 2.05) is 6.07 Å². The zero-order valence-corrected chi connectivity index (χ0v) is 14.6. The third kappa shape index (κ3) is 6.23. The monoisotopic (exact) mass is 350 g/mol. The van der Waals surface area contributed by atoms with Crippen LogP contribution in [0.2, 0.25) is 0 Å². The summed E-state index contributed by atoms with van der Waals surface area (Å²) in [5.41, 5.74) is 0.641. The molecule has 3 nitrogen and oxygen atoms in total. The van der Waals surface area contributed by atoms with E-state index >= 15 is 0 Å². The van der Waals surface area contributed by atoms with E-state index < -0.39 is 0 Å². The van der Waals surface area contributed by atoms with Gasteiger partial charge in [-0.05, 0) is 54.3 Å². The van der Waals surface area contributed by atoms with Crippen molar-refractivity contribution in [3.05, 3.63) is 54.0 Å². The van der Waals surface area contributed by atoms with Crippen LogP contribution in [0.5, 0.6) is 0 Å². The molecule has 0 spiro atoms. The number of aromatic nitrogens is 1. The molecule has 1 amide bonds. The van der Waals surface area contributed by atoms with E-state index in [0.717, 1.165) is 27.8 Å². The number of carbonyl (C=O) groups excluding carboxylic acids is 1. The SMILES string of the molecule is CCSc1cc(C(=O)NCCCSc2ccc(F)cc2)ccn1. The second kappa shape index (κ2) is 9.57. The van der Waals surface area contributed by atoms with Gasteiger partial charge in [0, 0.05) is 23.2 Å². The van der Waals surface area contributed by atoms with Crippen molar-refractivity contribution in [1.82, 2.24) is 10.3 Å². The van der Waals surface area contributed by atoms with Gasteiger partial charge in [0.05, 0.1) is 5.03 Å². The van der Waals surface area contributed by atoms with Crippen LogP contribution in [0.15, 0.2) is 52.5 Å². The molecule has 0 aliphatic carbocycles. The standard InChI is InChI=1S/C17H19FN2OS2/c1-2-22-16-12-13(8-10-19-16)17(21)20-9-3-11-23-15-6-4-14(18)5-7-15/h4-8,10,12H,2-3,9,11H2,1H3,(H,20,21). The lowest BCUT2D eigenvalue weighted by Crippen LogP contribution is -2.24. The number of benzene rings is 1. The Labute approximate surface area is 144 Å². The van der Waals surface area contributed by atoms with Crippen molar-refractivity contribution in [2.75, 3.05) is 18.1 Å². The third-order valence-electron chi connectivity index (χ3n) is 2.98. The zero-order chi connectivity index (χ0) is 16.5. The Morgan fingerprint density at radius 2 is 2.00 bits per heavy atom. The molecule has 0 unspecified atom stereocenters. The molecule has 0 bridgehead atoms. The first-order chi connectivity index (χ1) is 11.2. The fourth-order valence-corrected chi connectivity index (χ4v) is 3.37. The van der Waals surface area contributed by atoms with Gasteiger partial charge in [0.2, 0.25) is 0 Å². The minimum Gasteiger partial charge on any atom is -0.352 e. The Hall–Kier alpha value is -1.53. The van der Waals surface area contributed by atoms with Crippen LogP contribution < -0.4 is 5.32 Å². The van der Waals surface area contributed by atoms with Crippen LogP contribution >= 0.6 is 23.5 Å². The quantitative estimate of drug-likeness (QED) is 0.571. The number of pyridine rings is 1. The number of rotatable bonds is 8. The van der Waals surface area contributed by atoms with E-state index in [2.05, 4.69) is 17.2 Å². The predicted molar refractivity (Wildman–Crippen MR) is 94.7 cm³/mol. The van der Waals surface area contributed by atoms with Crippen molar-refractivity contribution in [1.29, 1.82) is 0 Å². The highest BCUT2D eigenvalue weighted by atomic mass is 32.2. The molecule has 1 aromatic heterocycles. The molecule has 23 heavy (non-hydrogen) atoms. The number of hydrogen-bond acceptors (Lipinski definition) is 4. The summed E-state index contributed by atoms with van der Waals surface area (Å²) in [6, 6.07) is 9.99. The van der Waals surface area contributed by atoms with Gasteiger partial charge >= 0.3 is 0 Å². The maximum absolute atomic E-state index is 12.8. The highest BCUT2D eigenvalue weighted by molar-refractivity contribution is 7.99. The second-order valence-corrected chi connectivity index (χ2v) is 7.18. The molecule has 0 saturated heterocycles. The molecule has 0 fully saturated rings. The number of halogens is 1. The van der Waals surface area contributed by atoms with E-state index in [-0.39, 0.29) is 11.7 Å². The van der Waals surface area contributed by atoms with Crippen molar-refractivity contribution < 1.29 is 9.18 Å². The van der Waals surface area contributed by atoms with E-state index in [1.165, 1.54) is 12.1 Å². The number of carbonyl (C=O) groups is 1. The highest BCUT2D eigenvalue weighted by Gasteiger charge is 2.06. The van der Waals surface area contributed by atoms with Crippen molar-refractivity contribution in [2.45, 2.75) is 23.3 Å². The van der Waals surface area contributed by atoms with Crippen LogP contribution in [0.3, 0.4) is 0 Å². The lowest BCUT2D eigenvalue weighted by molar-refractivity contribution is 0.0953. The van der Waals surface area contributed by atoms with Crippen LogP contribution in [0.4, 0.5) is 4.39 Å². The molecule has 0 atom stereocenters. The zero-order valence-electron chi connectivity index (χ0n) is 12.9. The Morgan fingerprint density at radius 1 is 1.22 bits per heavy atom. The van der Waals surface area contributed by atoms with Gasteiger partial charge < -0.3 is 5.32 Å². The topological polar surface area (TPSA) is 42.0 Å². The number of amides is 1. The van der Waals surface area contributed by atoms with Crippen LogP contribution in [-0.2, 0) is 0 Å². The largest absolute Gasteiger partial charge is 0.352 e. The summed E-state index contributed by atoms with van der Waals surface area (Å²) in [5, 5.41) is 3.78. The summed E-state index contributed by atoms with van der Waals surface area (Å²) in [6.45, 7) is 2.67. The van der Waals surface area contributed by atoms with E-state index in [0.29, 0.717) is 12.1 Å². The Morgan fingerprint density at radius 3 is 2.74 bits per heavy atom. The molecule has 6 heteroatoms. The summed E-state index contributed by atoms with van der Waals surface area (Å²) >= 11 is 3.27. The first-order valence-electron chi connectivity index (χ1n) is 7.44.